The third kappa shape index (κ3) is 7.05. The predicted octanol–water partition coefficient (Wildman–Crippen LogP) is 6.06. The maximum atomic E-state index is 12.4. The second kappa shape index (κ2) is 11.8. The van der Waals surface area contributed by atoms with Crippen LogP contribution in [0.4, 0.5) is 23.7 Å². The minimum atomic E-state index is -4.91. The molecule has 1 saturated carbocycles. The van der Waals surface area contributed by atoms with Crippen LogP contribution in [-0.2, 0) is 38.9 Å². The zero-order valence-electron chi connectivity index (χ0n) is 21.5. The molecule has 0 saturated heterocycles. The maximum Gasteiger partial charge on any atom is 0.471 e. The van der Waals surface area contributed by atoms with Crippen molar-refractivity contribution >= 4 is 39.1 Å². The number of carbonyl (C=O) groups excluding carboxylic acids is 2. The number of halogens is 4. The van der Waals surface area contributed by atoms with Crippen LogP contribution in [0.25, 0.3) is 0 Å². The lowest BCUT2D eigenvalue weighted by atomic mass is 10.00. The summed E-state index contributed by atoms with van der Waals surface area (Å²) in [6.07, 6.45) is 3.24. The summed E-state index contributed by atoms with van der Waals surface area (Å²) in [5.41, 5.74) is 3.20. The van der Waals surface area contributed by atoms with Crippen LogP contribution in [0, 0.1) is 0 Å². The maximum absolute atomic E-state index is 12.4. The highest BCUT2D eigenvalue weighted by Crippen LogP contribution is 2.34. The van der Waals surface area contributed by atoms with Crippen molar-refractivity contribution in [2.75, 3.05) is 17.7 Å². The standard InChI is InChI=1S/C15H18ClNO2.C12H12F3NO3S/c16-12-7-8-14-11(9-12)10-19-15(18)17(14)13-5-3-1-2-4-6-13;1-20(18,19)10-3-2-8-4-5-16(7-9(8)6-10)11(17)12(13,14)15/h7-9,13H,1-6,10H2;2-3,6H,4-5,7H2,1H3. The molecule has 0 bridgehead atoms. The first-order valence-electron chi connectivity index (χ1n) is 12.8. The SMILES string of the molecule is CS(=O)(=O)c1ccc2c(c1)CN(C(=O)C(F)(F)F)CC2.O=C1OCc2cc(Cl)ccc2N1C1CCCCCC1. The van der Waals surface area contributed by atoms with Gasteiger partial charge in [0.1, 0.15) is 6.61 Å². The summed E-state index contributed by atoms with van der Waals surface area (Å²) in [6, 6.07) is 10.3. The molecule has 0 radical (unpaired) electrons. The van der Waals surface area contributed by atoms with E-state index in [2.05, 4.69) is 0 Å². The number of cyclic esters (lactones) is 1. The average Bonchev–Trinajstić information content (AvgIpc) is 3.16. The number of carbonyl (C=O) groups is 2. The number of amides is 2. The molecule has 2 heterocycles. The van der Waals surface area contributed by atoms with Gasteiger partial charge in [-0.2, -0.15) is 13.2 Å². The van der Waals surface area contributed by atoms with Crippen LogP contribution in [0.1, 0.15) is 55.2 Å². The number of rotatable bonds is 2. The van der Waals surface area contributed by atoms with E-state index in [1.165, 1.54) is 37.8 Å². The molecule has 3 aliphatic rings. The first-order valence-corrected chi connectivity index (χ1v) is 15.0. The van der Waals surface area contributed by atoms with Crippen molar-refractivity contribution in [3.63, 3.8) is 0 Å². The molecule has 2 aromatic rings. The molecule has 2 amide bonds. The summed E-state index contributed by atoms with van der Waals surface area (Å²) in [5, 5.41) is 0.692. The Morgan fingerprint density at radius 2 is 1.69 bits per heavy atom. The lowest BCUT2D eigenvalue weighted by molar-refractivity contribution is -0.186. The van der Waals surface area contributed by atoms with Gasteiger partial charge in [-0.05, 0) is 60.7 Å². The van der Waals surface area contributed by atoms with Crippen LogP contribution in [-0.4, -0.2) is 50.3 Å². The van der Waals surface area contributed by atoms with Gasteiger partial charge < -0.3 is 9.64 Å². The van der Waals surface area contributed by atoms with Crippen molar-refractivity contribution in [3.8, 4) is 0 Å². The fraction of sp³-hybridized carbons (Fsp3) is 0.481. The second-order valence-electron chi connectivity index (χ2n) is 10.0. The van der Waals surface area contributed by atoms with Gasteiger partial charge in [-0.3, -0.25) is 9.69 Å². The van der Waals surface area contributed by atoms with Crippen LogP contribution < -0.4 is 4.90 Å². The topological polar surface area (TPSA) is 84.0 Å². The van der Waals surface area contributed by atoms with Gasteiger partial charge in [0.05, 0.1) is 10.6 Å². The summed E-state index contributed by atoms with van der Waals surface area (Å²) in [6.45, 7) is 0.0819. The number of ether oxygens (including phenoxy) is 1. The number of alkyl halides is 3. The van der Waals surface area contributed by atoms with E-state index in [-0.39, 0.29) is 36.5 Å². The van der Waals surface area contributed by atoms with E-state index in [0.29, 0.717) is 22.1 Å². The number of nitrogens with zero attached hydrogens (tertiary/aromatic N) is 2. The number of hydrogen-bond donors (Lipinski definition) is 0. The molecule has 0 N–H and O–H groups in total. The molecule has 0 aromatic heterocycles. The highest BCUT2D eigenvalue weighted by molar-refractivity contribution is 7.90. The Kier molecular flexibility index (Phi) is 8.80. The van der Waals surface area contributed by atoms with Gasteiger partial charge in [0.15, 0.2) is 9.84 Å². The highest BCUT2D eigenvalue weighted by Gasteiger charge is 2.43. The molecule has 0 spiro atoms. The summed E-state index contributed by atoms with van der Waals surface area (Å²) in [5.74, 6) is -1.90. The molecule has 0 atom stereocenters. The van der Waals surface area contributed by atoms with Crippen molar-refractivity contribution in [3.05, 3.63) is 58.1 Å². The highest BCUT2D eigenvalue weighted by atomic mass is 35.5. The number of fused-ring (bicyclic) bond motifs is 2. The van der Waals surface area contributed by atoms with Gasteiger partial charge in [-0.1, -0.05) is 43.4 Å². The fourth-order valence-electron chi connectivity index (χ4n) is 5.19. The smallest absolute Gasteiger partial charge is 0.444 e. The summed E-state index contributed by atoms with van der Waals surface area (Å²) < 4.78 is 65.3. The molecule has 212 valence electrons. The van der Waals surface area contributed by atoms with Crippen molar-refractivity contribution in [2.45, 2.75) is 75.2 Å². The molecule has 12 heteroatoms. The van der Waals surface area contributed by atoms with Gasteiger partial charge in [0, 0.05) is 36.0 Å². The second-order valence-corrected chi connectivity index (χ2v) is 12.5. The number of sulfone groups is 1. The van der Waals surface area contributed by atoms with E-state index in [1.807, 2.05) is 23.1 Å². The molecule has 2 aromatic carbocycles. The average molecular weight is 587 g/mol. The van der Waals surface area contributed by atoms with Gasteiger partial charge in [0.2, 0.25) is 0 Å². The Hall–Kier alpha value is -2.79. The third-order valence-electron chi connectivity index (χ3n) is 7.19. The van der Waals surface area contributed by atoms with Crippen molar-refractivity contribution in [1.82, 2.24) is 4.90 Å². The molecular weight excluding hydrogens is 557 g/mol. The quantitative estimate of drug-likeness (QED) is 0.400. The lowest BCUT2D eigenvalue weighted by Crippen LogP contribution is -2.43. The molecule has 39 heavy (non-hydrogen) atoms. The van der Waals surface area contributed by atoms with Crippen LogP contribution in [0.5, 0.6) is 0 Å². The van der Waals surface area contributed by atoms with Crippen LogP contribution >= 0.6 is 11.6 Å². The Morgan fingerprint density at radius 3 is 2.33 bits per heavy atom. The molecule has 2 aliphatic heterocycles. The third-order valence-corrected chi connectivity index (χ3v) is 8.53. The fourth-order valence-corrected chi connectivity index (χ4v) is 6.06. The number of hydrogen-bond acceptors (Lipinski definition) is 5. The minimum Gasteiger partial charge on any atom is -0.444 e. The first-order chi connectivity index (χ1) is 18.3. The van der Waals surface area contributed by atoms with Gasteiger partial charge in [-0.15, -0.1) is 0 Å². The number of anilines is 1. The Balaban J connectivity index is 0.000000181. The monoisotopic (exact) mass is 586 g/mol. The molecule has 1 fully saturated rings. The van der Waals surface area contributed by atoms with Crippen molar-refractivity contribution in [2.24, 2.45) is 0 Å². The molecule has 7 nitrogen and oxygen atoms in total. The predicted molar refractivity (Wildman–Crippen MR) is 140 cm³/mol. The zero-order valence-corrected chi connectivity index (χ0v) is 23.0. The van der Waals surface area contributed by atoms with E-state index < -0.39 is 21.9 Å². The van der Waals surface area contributed by atoms with Gasteiger partial charge >= 0.3 is 18.2 Å². The first kappa shape index (κ1) is 29.2. The van der Waals surface area contributed by atoms with Crippen LogP contribution in [0.3, 0.4) is 0 Å². The van der Waals surface area contributed by atoms with Crippen molar-refractivity contribution < 1.29 is 35.9 Å². The largest absolute Gasteiger partial charge is 0.471 e. The summed E-state index contributed by atoms with van der Waals surface area (Å²) in [4.78, 5) is 25.9. The van der Waals surface area contributed by atoms with E-state index >= 15 is 0 Å². The minimum absolute atomic E-state index is 0.0242. The van der Waals surface area contributed by atoms with E-state index in [1.54, 1.807) is 6.07 Å². The molecule has 1 aliphatic carbocycles. The van der Waals surface area contributed by atoms with E-state index in [9.17, 15) is 31.2 Å². The van der Waals surface area contributed by atoms with Crippen LogP contribution in [0.2, 0.25) is 5.02 Å². The lowest BCUT2D eigenvalue weighted by Gasteiger charge is -2.35. The van der Waals surface area contributed by atoms with E-state index in [0.717, 1.165) is 35.9 Å². The van der Waals surface area contributed by atoms with Gasteiger partial charge in [-0.25, -0.2) is 13.2 Å². The van der Waals surface area contributed by atoms with Crippen molar-refractivity contribution in [1.29, 1.82) is 0 Å². The summed E-state index contributed by atoms with van der Waals surface area (Å²) >= 11 is 6.01. The molecule has 5 rings (SSSR count). The van der Waals surface area contributed by atoms with E-state index in [4.69, 9.17) is 16.3 Å². The number of benzene rings is 2. The van der Waals surface area contributed by atoms with Crippen LogP contribution in [0.15, 0.2) is 41.3 Å². The zero-order chi connectivity index (χ0) is 28.4. The Morgan fingerprint density at radius 1 is 1.00 bits per heavy atom. The molecular formula is C27H30ClF3N2O5S. The Bertz CT molecular complexity index is 1340. The Labute approximate surface area is 230 Å². The van der Waals surface area contributed by atoms with Gasteiger partial charge in [0.25, 0.3) is 0 Å². The summed E-state index contributed by atoms with van der Waals surface area (Å²) in [7, 11) is -3.43. The molecule has 0 unspecified atom stereocenters. The normalized spacial score (nSPS) is 18.2.